The zero-order valence-electron chi connectivity index (χ0n) is 14.9. The number of nitrogens with zero attached hydrogens (tertiary/aromatic N) is 3. The first-order valence-electron chi connectivity index (χ1n) is 7.92. The van der Waals surface area contributed by atoms with Gasteiger partial charge in [-0.25, -0.2) is 13.1 Å². The summed E-state index contributed by atoms with van der Waals surface area (Å²) in [5.41, 5.74) is 2.19. The fourth-order valence-corrected chi connectivity index (χ4v) is 5.07. The van der Waals surface area contributed by atoms with E-state index in [2.05, 4.69) is 10.3 Å². The molecule has 2 heterocycles. The lowest BCUT2D eigenvalue weighted by atomic mass is 9.91. The van der Waals surface area contributed by atoms with Crippen molar-refractivity contribution < 1.29 is 23.2 Å². The summed E-state index contributed by atoms with van der Waals surface area (Å²) < 4.78 is 26.3. The summed E-state index contributed by atoms with van der Waals surface area (Å²) in [5, 5.41) is 17.9. The molecule has 0 aliphatic carbocycles. The Balaban J connectivity index is 2.30. The number of benzene rings is 1. The lowest BCUT2D eigenvalue weighted by Crippen LogP contribution is -2.26. The summed E-state index contributed by atoms with van der Waals surface area (Å²) in [6.07, 6.45) is 1.49. The molecule has 0 spiro atoms. The predicted molar refractivity (Wildman–Crippen MR) is 94.4 cm³/mol. The number of fused-ring (bicyclic) bond motifs is 1. The molecule has 0 fully saturated rings. The molecule has 9 heteroatoms. The Hall–Kier alpha value is -2.68. The van der Waals surface area contributed by atoms with Crippen LogP contribution in [-0.2, 0) is 21.7 Å². The predicted octanol–water partition coefficient (Wildman–Crippen LogP) is 1.50. The Morgan fingerprint density at radius 2 is 2.04 bits per heavy atom. The topological polar surface area (TPSA) is 111 Å². The molecule has 1 aromatic carbocycles. The van der Waals surface area contributed by atoms with E-state index >= 15 is 0 Å². The normalized spacial score (nSPS) is 17.2. The molecule has 1 aliphatic rings. The summed E-state index contributed by atoms with van der Waals surface area (Å²) in [5.74, 6) is -0.735. The third kappa shape index (κ3) is 2.68. The Bertz CT molecular complexity index is 1050. The van der Waals surface area contributed by atoms with Crippen LogP contribution in [0, 0.1) is 13.8 Å². The molecule has 8 nitrogen and oxygen atoms in total. The minimum absolute atomic E-state index is 0.0545. The van der Waals surface area contributed by atoms with E-state index in [1.54, 1.807) is 13.8 Å². The van der Waals surface area contributed by atoms with Gasteiger partial charge in [0.25, 0.3) is 0 Å². The van der Waals surface area contributed by atoms with Crippen molar-refractivity contribution in [1.82, 2.24) is 9.78 Å². The van der Waals surface area contributed by atoms with Crippen molar-refractivity contribution in [1.29, 1.82) is 0 Å². The van der Waals surface area contributed by atoms with E-state index in [1.807, 2.05) is 0 Å². The molecule has 2 aromatic rings. The Labute approximate surface area is 151 Å². The van der Waals surface area contributed by atoms with Crippen LogP contribution in [0.4, 0.5) is 0 Å². The maximum atomic E-state index is 12.9. The van der Waals surface area contributed by atoms with Crippen molar-refractivity contribution >= 4 is 21.3 Å². The van der Waals surface area contributed by atoms with Crippen LogP contribution in [0.2, 0.25) is 0 Å². The maximum absolute atomic E-state index is 12.9. The molecule has 3 rings (SSSR count). The minimum Gasteiger partial charge on any atom is -0.493 e. The smallest absolute Gasteiger partial charge is 0.220 e. The second kappa shape index (κ2) is 6.24. The van der Waals surface area contributed by atoms with Gasteiger partial charge in [0.05, 0.1) is 22.6 Å². The number of carbonyl (C=O) groups excluding carboxylic acids is 1. The van der Waals surface area contributed by atoms with Crippen LogP contribution in [0.1, 0.15) is 39.0 Å². The molecule has 0 saturated heterocycles. The second-order valence-electron chi connectivity index (χ2n) is 6.19. The molecule has 0 bridgehead atoms. The van der Waals surface area contributed by atoms with Crippen LogP contribution < -0.4 is 0 Å². The van der Waals surface area contributed by atoms with E-state index in [1.165, 1.54) is 31.1 Å². The molecule has 0 saturated carbocycles. The molecule has 138 valence electrons. The summed E-state index contributed by atoms with van der Waals surface area (Å²) in [6.45, 7) is 3.32. The fraction of sp³-hybridized carbons (Fsp3) is 0.353. The highest BCUT2D eigenvalue weighted by Crippen LogP contribution is 2.34. The molecular formula is C17H19N3O5S. The zero-order chi connectivity index (χ0) is 19.2. The van der Waals surface area contributed by atoms with Gasteiger partial charge in [0.15, 0.2) is 15.6 Å². The Morgan fingerprint density at radius 3 is 2.62 bits per heavy atom. The van der Waals surface area contributed by atoms with Crippen molar-refractivity contribution in [2.24, 2.45) is 12.2 Å². The van der Waals surface area contributed by atoms with Gasteiger partial charge in [-0.3, -0.25) is 4.79 Å². The fourth-order valence-electron chi connectivity index (χ4n) is 3.27. The number of sulfone groups is 1. The largest absolute Gasteiger partial charge is 0.493 e. The molecule has 0 amide bonds. The average Bonchev–Trinajstić information content (AvgIpc) is 2.91. The molecule has 1 aromatic heterocycles. The number of oxime groups is 1. The lowest BCUT2D eigenvalue weighted by molar-refractivity contribution is 0.103. The van der Waals surface area contributed by atoms with Crippen LogP contribution in [-0.4, -0.2) is 47.7 Å². The van der Waals surface area contributed by atoms with Crippen LogP contribution in [0.5, 0.6) is 5.88 Å². The maximum Gasteiger partial charge on any atom is 0.220 e. The molecule has 1 aliphatic heterocycles. The van der Waals surface area contributed by atoms with Crippen molar-refractivity contribution in [2.75, 3.05) is 12.9 Å². The van der Waals surface area contributed by atoms with Gasteiger partial charge in [-0.1, -0.05) is 5.16 Å². The van der Waals surface area contributed by atoms with Gasteiger partial charge >= 0.3 is 0 Å². The Kier molecular flexibility index (Phi) is 4.35. The highest BCUT2D eigenvalue weighted by molar-refractivity contribution is 7.91. The first-order valence-corrected chi connectivity index (χ1v) is 9.57. The number of rotatable bonds is 3. The van der Waals surface area contributed by atoms with E-state index in [4.69, 9.17) is 4.84 Å². The SMILES string of the molecule is CO/N=C1\CCS(=O)(=O)c2c(C)cc(C(=O)c3cnn(C)c3O)c(C)c21. The van der Waals surface area contributed by atoms with Crippen molar-refractivity contribution in [3.63, 3.8) is 0 Å². The highest BCUT2D eigenvalue weighted by atomic mass is 32.2. The standard InChI is InChI=1S/C17H19N3O5S/c1-9-7-11(15(21)12-8-18-20(3)17(12)22)10(2)14-13(19-25-4)5-6-26(23,24)16(9)14/h7-8,22H,5-6H2,1-4H3/b19-13+. The Morgan fingerprint density at radius 1 is 1.35 bits per heavy atom. The van der Waals surface area contributed by atoms with Crippen molar-refractivity contribution in [3.05, 3.63) is 40.1 Å². The van der Waals surface area contributed by atoms with Gasteiger partial charge in [-0.15, -0.1) is 0 Å². The van der Waals surface area contributed by atoms with Crippen LogP contribution in [0.3, 0.4) is 0 Å². The van der Waals surface area contributed by atoms with Gasteiger partial charge in [0.1, 0.15) is 12.7 Å². The van der Waals surface area contributed by atoms with Gasteiger partial charge in [-0.2, -0.15) is 5.10 Å². The first-order chi connectivity index (χ1) is 12.2. The van der Waals surface area contributed by atoms with Crippen molar-refractivity contribution in [2.45, 2.75) is 25.2 Å². The van der Waals surface area contributed by atoms with Gasteiger partial charge < -0.3 is 9.94 Å². The number of aromatic nitrogens is 2. The zero-order valence-corrected chi connectivity index (χ0v) is 15.7. The summed E-state index contributed by atoms with van der Waals surface area (Å²) in [6, 6.07) is 1.54. The number of carbonyl (C=O) groups is 1. The first kappa shape index (κ1) is 18.1. The molecule has 26 heavy (non-hydrogen) atoms. The van der Waals surface area contributed by atoms with Crippen LogP contribution in [0.25, 0.3) is 0 Å². The van der Waals surface area contributed by atoms with Gasteiger partial charge in [0, 0.05) is 24.6 Å². The number of ketones is 1. The van der Waals surface area contributed by atoms with Crippen molar-refractivity contribution in [3.8, 4) is 5.88 Å². The lowest BCUT2D eigenvalue weighted by Gasteiger charge is -2.23. The summed E-state index contributed by atoms with van der Waals surface area (Å²) in [7, 11) is -0.561. The van der Waals surface area contributed by atoms with E-state index in [9.17, 15) is 18.3 Å². The summed E-state index contributed by atoms with van der Waals surface area (Å²) in [4.78, 5) is 18.0. The van der Waals surface area contributed by atoms with Crippen LogP contribution in [0.15, 0.2) is 22.3 Å². The van der Waals surface area contributed by atoms with E-state index in [-0.39, 0.29) is 28.5 Å². The molecule has 0 radical (unpaired) electrons. The monoisotopic (exact) mass is 377 g/mol. The van der Waals surface area contributed by atoms with Crippen LogP contribution >= 0.6 is 0 Å². The minimum atomic E-state index is -3.47. The number of hydrogen-bond acceptors (Lipinski definition) is 7. The highest BCUT2D eigenvalue weighted by Gasteiger charge is 2.34. The summed E-state index contributed by atoms with van der Waals surface area (Å²) >= 11 is 0. The third-order valence-corrected chi connectivity index (χ3v) is 6.42. The van der Waals surface area contributed by atoms with E-state index in [0.717, 1.165) is 0 Å². The molecular weight excluding hydrogens is 358 g/mol. The number of aromatic hydroxyl groups is 1. The van der Waals surface area contributed by atoms with Gasteiger partial charge in [-0.05, 0) is 31.0 Å². The number of aryl methyl sites for hydroxylation is 2. The average molecular weight is 377 g/mol. The molecule has 0 unspecified atom stereocenters. The third-order valence-electron chi connectivity index (χ3n) is 4.53. The van der Waals surface area contributed by atoms with E-state index < -0.39 is 15.6 Å². The van der Waals surface area contributed by atoms with E-state index in [0.29, 0.717) is 28.0 Å². The number of hydrogen-bond donors (Lipinski definition) is 1. The van der Waals surface area contributed by atoms with Gasteiger partial charge in [0.2, 0.25) is 5.88 Å². The quantitative estimate of drug-likeness (QED) is 0.641. The molecule has 0 atom stereocenters. The second-order valence-corrected chi connectivity index (χ2v) is 8.24. The molecule has 1 N–H and O–H groups in total.